The average molecular weight is 239 g/mol. The van der Waals surface area contributed by atoms with Gasteiger partial charge in [0.05, 0.1) is 0 Å². The highest BCUT2D eigenvalue weighted by atomic mass is 15.2. The summed E-state index contributed by atoms with van der Waals surface area (Å²) in [5, 5.41) is 6.79. The predicted molar refractivity (Wildman–Crippen MR) is 72.2 cm³/mol. The number of nitrogens with zero attached hydrogens (tertiary/aromatic N) is 2. The molecule has 1 radical (unpaired) electrons. The Morgan fingerprint density at radius 3 is 2.06 bits per heavy atom. The van der Waals surface area contributed by atoms with Crippen molar-refractivity contribution in [2.24, 2.45) is 0 Å². The zero-order valence-electron chi connectivity index (χ0n) is 11.0. The lowest BCUT2D eigenvalue weighted by molar-refractivity contribution is 0.234. The number of piperazine rings is 2. The smallest absolute Gasteiger partial charge is 0.0107 e. The van der Waals surface area contributed by atoms with E-state index < -0.39 is 0 Å². The molecule has 2 rings (SSSR count). The fraction of sp³-hybridized carbons (Fsp3) is 0.923. The molecule has 2 aliphatic rings. The topological polar surface area (TPSA) is 30.5 Å². The van der Waals surface area contributed by atoms with E-state index in [1.165, 1.54) is 65.2 Å². The third-order valence-electron chi connectivity index (χ3n) is 3.69. The Kier molecular flexibility index (Phi) is 6.27. The maximum Gasteiger partial charge on any atom is 0.0107 e. The molecule has 17 heavy (non-hydrogen) atoms. The van der Waals surface area contributed by atoms with Crippen LogP contribution in [0, 0.1) is 6.42 Å². The monoisotopic (exact) mass is 239 g/mol. The molecule has 0 unspecified atom stereocenters. The Morgan fingerprint density at radius 1 is 0.824 bits per heavy atom. The van der Waals surface area contributed by atoms with Gasteiger partial charge in [0.25, 0.3) is 0 Å². The molecule has 2 saturated heterocycles. The second kappa shape index (κ2) is 8.03. The maximum atomic E-state index is 3.40. The normalized spacial score (nSPS) is 24.0. The molecule has 2 aliphatic heterocycles. The van der Waals surface area contributed by atoms with Crippen molar-refractivity contribution in [1.29, 1.82) is 0 Å². The summed E-state index contributed by atoms with van der Waals surface area (Å²) in [6.07, 6.45) is 5.06. The lowest BCUT2D eigenvalue weighted by Crippen LogP contribution is -2.44. The van der Waals surface area contributed by atoms with E-state index in [1.54, 1.807) is 0 Å². The van der Waals surface area contributed by atoms with Gasteiger partial charge < -0.3 is 20.4 Å². The molecule has 0 atom stereocenters. The molecule has 2 N–H and O–H groups in total. The quantitative estimate of drug-likeness (QED) is 0.628. The summed E-state index contributed by atoms with van der Waals surface area (Å²) >= 11 is 0. The van der Waals surface area contributed by atoms with Gasteiger partial charge in [-0.05, 0) is 25.8 Å². The van der Waals surface area contributed by atoms with Gasteiger partial charge in [0, 0.05) is 58.9 Å². The van der Waals surface area contributed by atoms with Gasteiger partial charge in [-0.1, -0.05) is 0 Å². The number of unbranched alkanes of at least 4 members (excludes halogenated alkanes) is 2. The Hall–Kier alpha value is -0.160. The van der Waals surface area contributed by atoms with Gasteiger partial charge in [-0.3, -0.25) is 0 Å². The molecule has 0 amide bonds. The van der Waals surface area contributed by atoms with Crippen molar-refractivity contribution in [1.82, 2.24) is 20.4 Å². The molecule has 4 heteroatoms. The second-order valence-electron chi connectivity index (χ2n) is 5.07. The molecule has 0 aromatic carbocycles. The molecule has 2 heterocycles. The summed E-state index contributed by atoms with van der Waals surface area (Å²) < 4.78 is 0. The molecule has 0 bridgehead atoms. The predicted octanol–water partition coefficient (Wildman–Crippen LogP) is -0.219. The maximum absolute atomic E-state index is 3.40. The first-order valence-corrected chi connectivity index (χ1v) is 7.13. The van der Waals surface area contributed by atoms with Crippen molar-refractivity contribution in [2.45, 2.75) is 12.8 Å². The van der Waals surface area contributed by atoms with Crippen LogP contribution in [0.5, 0.6) is 0 Å². The van der Waals surface area contributed by atoms with Gasteiger partial charge in [-0.15, -0.1) is 0 Å². The van der Waals surface area contributed by atoms with E-state index in [9.17, 15) is 0 Å². The average Bonchev–Trinajstić information content (AvgIpc) is 2.41. The Balaban J connectivity index is 1.42. The zero-order chi connectivity index (χ0) is 11.8. The Morgan fingerprint density at radius 2 is 1.41 bits per heavy atom. The highest BCUT2D eigenvalue weighted by Gasteiger charge is 2.10. The fourth-order valence-electron chi connectivity index (χ4n) is 2.56. The lowest BCUT2D eigenvalue weighted by atomic mass is 10.2. The molecule has 0 spiro atoms. The van der Waals surface area contributed by atoms with Crippen molar-refractivity contribution in [2.75, 3.05) is 65.4 Å². The van der Waals surface area contributed by atoms with Crippen LogP contribution in [0.1, 0.15) is 12.8 Å². The molecule has 0 aromatic rings. The minimum Gasteiger partial charge on any atom is -0.314 e. The van der Waals surface area contributed by atoms with Gasteiger partial charge in [0.1, 0.15) is 0 Å². The van der Waals surface area contributed by atoms with Crippen molar-refractivity contribution >= 4 is 0 Å². The van der Waals surface area contributed by atoms with Crippen molar-refractivity contribution in [3.63, 3.8) is 0 Å². The minimum atomic E-state index is 1.16. The van der Waals surface area contributed by atoms with Crippen LogP contribution in [0.4, 0.5) is 0 Å². The van der Waals surface area contributed by atoms with Crippen LogP contribution in [0.3, 0.4) is 0 Å². The summed E-state index contributed by atoms with van der Waals surface area (Å²) in [6, 6.07) is 0. The largest absolute Gasteiger partial charge is 0.314 e. The SMILES string of the molecule is [CH](CCCN1CCNCC1)CN1CCNCC1. The van der Waals surface area contributed by atoms with Gasteiger partial charge in [-0.25, -0.2) is 0 Å². The van der Waals surface area contributed by atoms with Gasteiger partial charge in [-0.2, -0.15) is 0 Å². The van der Waals surface area contributed by atoms with Crippen LogP contribution in [0.25, 0.3) is 0 Å². The first-order chi connectivity index (χ1) is 8.45. The van der Waals surface area contributed by atoms with Crippen molar-refractivity contribution in [3.8, 4) is 0 Å². The van der Waals surface area contributed by atoms with Crippen molar-refractivity contribution < 1.29 is 0 Å². The van der Waals surface area contributed by atoms with Crippen LogP contribution in [-0.2, 0) is 0 Å². The van der Waals surface area contributed by atoms with Crippen LogP contribution in [-0.4, -0.2) is 75.2 Å². The molecule has 99 valence electrons. The molecule has 0 saturated carbocycles. The molecule has 0 aliphatic carbocycles. The van der Waals surface area contributed by atoms with E-state index in [1.807, 2.05) is 0 Å². The Labute approximate surface area is 106 Å². The number of hydrogen-bond donors (Lipinski definition) is 2. The van der Waals surface area contributed by atoms with E-state index in [2.05, 4.69) is 26.9 Å². The van der Waals surface area contributed by atoms with E-state index in [0.29, 0.717) is 0 Å². The highest BCUT2D eigenvalue weighted by molar-refractivity contribution is 4.76. The third-order valence-corrected chi connectivity index (χ3v) is 3.69. The molecule has 0 aromatic heterocycles. The number of nitrogens with one attached hydrogen (secondary N) is 2. The highest BCUT2D eigenvalue weighted by Crippen LogP contribution is 2.02. The summed E-state index contributed by atoms with van der Waals surface area (Å²) in [4.78, 5) is 5.12. The third kappa shape index (κ3) is 5.34. The summed E-state index contributed by atoms with van der Waals surface area (Å²) in [7, 11) is 0. The van der Waals surface area contributed by atoms with Gasteiger partial charge in [0.15, 0.2) is 0 Å². The van der Waals surface area contributed by atoms with Gasteiger partial charge in [0.2, 0.25) is 0 Å². The van der Waals surface area contributed by atoms with Crippen LogP contribution >= 0.6 is 0 Å². The summed E-state index contributed by atoms with van der Waals surface area (Å²) in [5.41, 5.74) is 0. The van der Waals surface area contributed by atoms with E-state index in [0.717, 1.165) is 13.1 Å². The first-order valence-electron chi connectivity index (χ1n) is 7.13. The fourth-order valence-corrected chi connectivity index (χ4v) is 2.56. The zero-order valence-corrected chi connectivity index (χ0v) is 11.0. The van der Waals surface area contributed by atoms with E-state index >= 15 is 0 Å². The number of rotatable bonds is 6. The van der Waals surface area contributed by atoms with Crippen LogP contribution in [0.15, 0.2) is 0 Å². The summed E-state index contributed by atoms with van der Waals surface area (Å²) in [5.74, 6) is 0. The van der Waals surface area contributed by atoms with E-state index in [4.69, 9.17) is 0 Å². The summed E-state index contributed by atoms with van der Waals surface area (Å²) in [6.45, 7) is 12.0. The molecule has 2 fully saturated rings. The first kappa shape index (κ1) is 13.3. The number of hydrogen-bond acceptors (Lipinski definition) is 4. The van der Waals surface area contributed by atoms with Crippen LogP contribution in [0.2, 0.25) is 0 Å². The standard InChI is InChI=1S/C13H27N4/c1(2-8-16-10-4-14-5-11-16)3-9-17-12-6-15-7-13-17/h2,14-15H,1,3-13H2. The minimum absolute atomic E-state index is 1.16. The van der Waals surface area contributed by atoms with E-state index in [-0.39, 0.29) is 0 Å². The van der Waals surface area contributed by atoms with Crippen LogP contribution < -0.4 is 10.6 Å². The Bertz CT molecular complexity index is 166. The lowest BCUT2D eigenvalue weighted by Gasteiger charge is -2.28. The molecular formula is C13H27N4. The second-order valence-corrected chi connectivity index (χ2v) is 5.07. The molecular weight excluding hydrogens is 212 g/mol. The van der Waals surface area contributed by atoms with Gasteiger partial charge >= 0.3 is 0 Å². The van der Waals surface area contributed by atoms with Crippen molar-refractivity contribution in [3.05, 3.63) is 6.42 Å². The molecule has 4 nitrogen and oxygen atoms in total.